The van der Waals surface area contributed by atoms with Gasteiger partial charge in [0.15, 0.2) is 0 Å². The van der Waals surface area contributed by atoms with Gasteiger partial charge in [-0.3, -0.25) is 13.9 Å². The highest BCUT2D eigenvalue weighted by molar-refractivity contribution is 7.92. The van der Waals surface area contributed by atoms with E-state index in [0.717, 1.165) is 15.4 Å². The maximum atomic E-state index is 14.7. The Morgan fingerprint density at radius 3 is 2.13 bits per heavy atom. The third kappa shape index (κ3) is 9.36. The largest absolute Gasteiger partial charge is 0.497 e. The van der Waals surface area contributed by atoms with Crippen LogP contribution in [0, 0.1) is 5.92 Å². The lowest BCUT2D eigenvalue weighted by Gasteiger charge is -2.34. The molecule has 2 amide bonds. The van der Waals surface area contributed by atoms with Crippen molar-refractivity contribution in [2.45, 2.75) is 44.7 Å². The smallest absolute Gasteiger partial charge is 0.264 e. The van der Waals surface area contributed by atoms with E-state index in [1.165, 1.54) is 17.0 Å². The number of carbonyl (C=O) groups excluding carboxylic acids is 2. The van der Waals surface area contributed by atoms with E-state index in [4.69, 9.17) is 9.47 Å². The van der Waals surface area contributed by atoms with Gasteiger partial charge in [-0.25, -0.2) is 8.42 Å². The first-order chi connectivity index (χ1) is 22.6. The Morgan fingerprint density at radius 1 is 0.830 bits per heavy atom. The van der Waals surface area contributed by atoms with E-state index >= 15 is 0 Å². The molecule has 47 heavy (non-hydrogen) atoms. The van der Waals surface area contributed by atoms with Crippen molar-refractivity contribution in [3.8, 4) is 11.5 Å². The van der Waals surface area contributed by atoms with Crippen LogP contribution in [0.1, 0.15) is 31.9 Å². The van der Waals surface area contributed by atoms with E-state index in [0.29, 0.717) is 24.7 Å². The third-order valence-electron chi connectivity index (χ3n) is 7.49. The van der Waals surface area contributed by atoms with Crippen molar-refractivity contribution < 1.29 is 27.5 Å². The number of methoxy groups -OCH3 is 1. The standard InChI is InChI=1S/C37H43N3O6S/c1-5-46-35-22-13-12-21-33(35)40(47(43,44)32-19-10-7-11-20-32)27-36(41)39(26-30-17-14-18-31(23-30)45-4)34(37(42)38-25-28(2)3)24-29-15-8-6-9-16-29/h6-23,28,34H,5,24-27H2,1-4H3,(H,38,42)/t34-/m0/s1. The number of nitrogens with zero attached hydrogens (tertiary/aromatic N) is 2. The first kappa shape index (κ1) is 35.0. The molecule has 0 radical (unpaired) electrons. The van der Waals surface area contributed by atoms with Gasteiger partial charge < -0.3 is 19.7 Å². The molecule has 4 aromatic carbocycles. The van der Waals surface area contributed by atoms with Gasteiger partial charge in [-0.2, -0.15) is 0 Å². The molecule has 10 heteroatoms. The zero-order valence-electron chi connectivity index (χ0n) is 27.3. The number of para-hydroxylation sites is 2. The van der Waals surface area contributed by atoms with Crippen LogP contribution in [-0.4, -0.2) is 58.0 Å². The second-order valence-corrected chi connectivity index (χ2v) is 13.3. The Labute approximate surface area is 278 Å². The summed E-state index contributed by atoms with van der Waals surface area (Å²) in [5, 5.41) is 3.00. The Morgan fingerprint density at radius 2 is 1.47 bits per heavy atom. The molecule has 0 saturated carbocycles. The van der Waals surface area contributed by atoms with E-state index in [2.05, 4.69) is 5.32 Å². The van der Waals surface area contributed by atoms with Crippen molar-refractivity contribution >= 4 is 27.5 Å². The lowest BCUT2D eigenvalue weighted by Crippen LogP contribution is -2.53. The van der Waals surface area contributed by atoms with Crippen molar-refractivity contribution in [3.05, 3.63) is 120 Å². The van der Waals surface area contributed by atoms with Crippen molar-refractivity contribution in [2.24, 2.45) is 5.92 Å². The third-order valence-corrected chi connectivity index (χ3v) is 9.26. The Bertz CT molecular complexity index is 1710. The van der Waals surface area contributed by atoms with Crippen molar-refractivity contribution in [3.63, 3.8) is 0 Å². The number of carbonyl (C=O) groups is 2. The minimum absolute atomic E-state index is 0.0222. The highest BCUT2D eigenvalue weighted by Crippen LogP contribution is 2.33. The van der Waals surface area contributed by atoms with Crippen LogP contribution < -0.4 is 19.1 Å². The van der Waals surface area contributed by atoms with Crippen LogP contribution >= 0.6 is 0 Å². The molecule has 1 atom stereocenters. The molecule has 0 aliphatic carbocycles. The molecule has 0 fully saturated rings. The van der Waals surface area contributed by atoms with Gasteiger partial charge >= 0.3 is 0 Å². The number of hydrogen-bond donors (Lipinski definition) is 1. The van der Waals surface area contributed by atoms with Gasteiger partial charge in [0.1, 0.15) is 24.1 Å². The summed E-state index contributed by atoms with van der Waals surface area (Å²) in [6.45, 7) is 5.96. The Balaban J connectivity index is 1.83. The van der Waals surface area contributed by atoms with Crippen LogP contribution in [0.4, 0.5) is 5.69 Å². The summed E-state index contributed by atoms with van der Waals surface area (Å²) < 4.78 is 40.9. The molecule has 0 saturated heterocycles. The molecule has 9 nitrogen and oxygen atoms in total. The topological polar surface area (TPSA) is 105 Å². The minimum atomic E-state index is -4.25. The first-order valence-corrected chi connectivity index (χ1v) is 17.1. The second kappa shape index (κ2) is 16.6. The van der Waals surface area contributed by atoms with Crippen LogP contribution in [0.3, 0.4) is 0 Å². The predicted molar refractivity (Wildman–Crippen MR) is 184 cm³/mol. The average molecular weight is 658 g/mol. The normalized spacial score (nSPS) is 11.9. The monoisotopic (exact) mass is 657 g/mol. The molecule has 4 rings (SSSR count). The number of rotatable bonds is 16. The SMILES string of the molecule is CCOc1ccccc1N(CC(=O)N(Cc1cccc(OC)c1)[C@@H](Cc1ccccc1)C(=O)NCC(C)C)S(=O)(=O)c1ccccc1. The van der Waals surface area contributed by atoms with Gasteiger partial charge in [0.05, 0.1) is 24.3 Å². The van der Waals surface area contributed by atoms with E-state index in [1.54, 1.807) is 68.6 Å². The molecule has 0 bridgehead atoms. The number of hydrogen-bond acceptors (Lipinski definition) is 6. The van der Waals surface area contributed by atoms with E-state index in [1.807, 2.05) is 56.3 Å². The van der Waals surface area contributed by atoms with E-state index < -0.39 is 28.5 Å². The maximum Gasteiger partial charge on any atom is 0.264 e. The second-order valence-electron chi connectivity index (χ2n) is 11.4. The molecule has 248 valence electrons. The number of benzene rings is 4. The number of nitrogens with one attached hydrogen (secondary N) is 1. The van der Waals surface area contributed by atoms with Crippen molar-refractivity contribution in [2.75, 3.05) is 31.1 Å². The molecule has 0 aliphatic heterocycles. The fourth-order valence-corrected chi connectivity index (χ4v) is 6.56. The van der Waals surface area contributed by atoms with Crippen LogP contribution in [0.2, 0.25) is 0 Å². The van der Waals surface area contributed by atoms with Gasteiger partial charge in [-0.15, -0.1) is 0 Å². The average Bonchev–Trinajstić information content (AvgIpc) is 3.09. The summed E-state index contributed by atoms with van der Waals surface area (Å²) in [5.41, 5.74) is 1.80. The molecule has 0 aromatic heterocycles. The molecule has 0 spiro atoms. The molecule has 0 heterocycles. The Kier molecular flexibility index (Phi) is 12.4. The fraction of sp³-hybridized carbons (Fsp3) is 0.297. The molecule has 4 aromatic rings. The molecular formula is C37H43N3O6S. The highest BCUT2D eigenvalue weighted by atomic mass is 32.2. The van der Waals surface area contributed by atoms with Crippen LogP contribution in [0.15, 0.2) is 114 Å². The summed E-state index contributed by atoms with van der Waals surface area (Å²) in [6, 6.07) is 30.4. The van der Waals surface area contributed by atoms with Crippen molar-refractivity contribution in [1.82, 2.24) is 10.2 Å². The van der Waals surface area contributed by atoms with Crippen LogP contribution in [-0.2, 0) is 32.6 Å². The highest BCUT2D eigenvalue weighted by Gasteiger charge is 2.35. The summed E-state index contributed by atoms with van der Waals surface area (Å²) in [6.07, 6.45) is 0.224. The predicted octanol–water partition coefficient (Wildman–Crippen LogP) is 5.70. The molecular weight excluding hydrogens is 614 g/mol. The van der Waals surface area contributed by atoms with E-state index in [-0.39, 0.29) is 35.4 Å². The number of amides is 2. The lowest BCUT2D eigenvalue weighted by molar-refractivity contribution is -0.140. The maximum absolute atomic E-state index is 14.7. The Hall–Kier alpha value is -4.83. The summed E-state index contributed by atoms with van der Waals surface area (Å²) in [4.78, 5) is 30.1. The van der Waals surface area contributed by atoms with Gasteiger partial charge in [0, 0.05) is 19.5 Å². The van der Waals surface area contributed by atoms with Gasteiger partial charge in [0.25, 0.3) is 10.0 Å². The van der Waals surface area contributed by atoms with Crippen LogP contribution in [0.25, 0.3) is 0 Å². The molecule has 0 aliphatic rings. The van der Waals surface area contributed by atoms with Crippen LogP contribution in [0.5, 0.6) is 11.5 Å². The summed E-state index contributed by atoms with van der Waals surface area (Å²) in [7, 11) is -2.69. The minimum Gasteiger partial charge on any atom is -0.497 e. The van der Waals surface area contributed by atoms with Gasteiger partial charge in [-0.1, -0.05) is 86.6 Å². The summed E-state index contributed by atoms with van der Waals surface area (Å²) in [5.74, 6) is 0.209. The van der Waals surface area contributed by atoms with E-state index in [9.17, 15) is 18.0 Å². The fourth-order valence-electron chi connectivity index (χ4n) is 5.12. The first-order valence-electron chi connectivity index (χ1n) is 15.7. The zero-order valence-corrected chi connectivity index (χ0v) is 28.2. The quantitative estimate of drug-likeness (QED) is 0.166. The van der Waals surface area contributed by atoms with Crippen molar-refractivity contribution in [1.29, 1.82) is 0 Å². The van der Waals surface area contributed by atoms with Gasteiger partial charge in [-0.05, 0) is 60.4 Å². The number of anilines is 1. The molecule has 0 unspecified atom stereocenters. The zero-order chi connectivity index (χ0) is 33.8. The number of sulfonamides is 1. The summed E-state index contributed by atoms with van der Waals surface area (Å²) >= 11 is 0. The van der Waals surface area contributed by atoms with Gasteiger partial charge in [0.2, 0.25) is 11.8 Å². The lowest BCUT2D eigenvalue weighted by atomic mass is 10.0. The molecule has 1 N–H and O–H groups in total. The number of ether oxygens (including phenoxy) is 2.